The van der Waals surface area contributed by atoms with Crippen molar-refractivity contribution in [3.8, 4) is 138 Å². The van der Waals surface area contributed by atoms with Crippen LogP contribution in [0.5, 0.6) is 138 Å². The number of methoxy groups -OCH3 is 6. The van der Waals surface area contributed by atoms with Gasteiger partial charge in [0, 0.05) is 36.4 Å². The maximum absolute atomic E-state index is 9.47. The molecule has 24 heteroatoms. The molecule has 0 atom stereocenters. The maximum Gasteiger partial charge on any atom is 0.203 e. The molecule has 0 amide bonds. The van der Waals surface area contributed by atoms with Crippen molar-refractivity contribution in [2.45, 2.75) is 0 Å². The van der Waals surface area contributed by atoms with Gasteiger partial charge in [0.25, 0.3) is 0 Å². The van der Waals surface area contributed by atoms with E-state index in [1.165, 1.54) is 84.9 Å². The predicted molar refractivity (Wildman–Crippen MR) is 440 cm³/mol. The minimum atomic E-state index is -0.577. The highest BCUT2D eigenvalue weighted by molar-refractivity contribution is 5.78. The Balaban J connectivity index is 0.000000190. The zero-order valence-corrected chi connectivity index (χ0v) is 62.2. The van der Waals surface area contributed by atoms with Crippen LogP contribution in [0.2, 0.25) is 0 Å². The molecule has 0 fully saturated rings. The topological polar surface area (TPSA) is 420 Å². The van der Waals surface area contributed by atoms with Crippen molar-refractivity contribution >= 4 is 72.9 Å². The number of ether oxygens (including phenoxy) is 6. The molecule has 0 spiro atoms. The third kappa shape index (κ3) is 28.1. The van der Waals surface area contributed by atoms with Crippen molar-refractivity contribution < 1.29 is 120 Å². The third-order valence-corrected chi connectivity index (χ3v) is 15.6. The molecule has 12 aromatic carbocycles. The molecule has 0 heterocycles. The molecule has 0 saturated carbocycles. The summed E-state index contributed by atoms with van der Waals surface area (Å²) in [6.45, 7) is 0. The van der Waals surface area contributed by atoms with Gasteiger partial charge in [0.2, 0.25) is 5.75 Å². The Morgan fingerprint density at radius 1 is 0.167 bits per heavy atom. The molecule has 0 aliphatic heterocycles. The molecule has 24 nitrogen and oxygen atoms in total. The molecular weight excluding hydrogens is 1460 g/mol. The van der Waals surface area contributed by atoms with Gasteiger partial charge in [-0.25, -0.2) is 0 Å². The number of hydrogen-bond donors (Lipinski definition) is 18. The fourth-order valence-electron chi connectivity index (χ4n) is 10.3. The molecule has 0 aliphatic rings. The first-order valence-corrected chi connectivity index (χ1v) is 34.0. The van der Waals surface area contributed by atoms with E-state index in [1.54, 1.807) is 176 Å². The number of rotatable bonds is 18. The van der Waals surface area contributed by atoms with Crippen LogP contribution in [0.3, 0.4) is 0 Å². The second-order valence-corrected chi connectivity index (χ2v) is 24.3. The smallest absolute Gasteiger partial charge is 0.203 e. The normalized spacial score (nSPS) is 10.8. The van der Waals surface area contributed by atoms with E-state index in [1.807, 2.05) is 72.8 Å². The average Bonchev–Trinajstić information content (AvgIpc) is 0.783. The monoisotopic (exact) mass is 1550 g/mol. The van der Waals surface area contributed by atoms with Crippen LogP contribution in [0.4, 0.5) is 0 Å². The number of benzene rings is 12. The van der Waals surface area contributed by atoms with Crippen molar-refractivity contribution in [2.24, 2.45) is 0 Å². The SMILES string of the molecule is COc1cc(/C=C/c2cc(O)cc(O)c2)cc(OC)c1OC.COc1ccc(/C=C/c2cc(O)cc(O)c2)cc1.COc1ccc(/C=C/c2cc(O)cc(O)c2)cc1OC.Oc1cc(O)cc(/C=C/c2cc(O)c(O)c(O)c2)c1.Oc1cc(O)cc(/C=C/c2ccc(O)c(O)c2)c1.Oc1ccc(/C=C/c2cc(O)cc(O)c2)cc1. The molecule has 0 unspecified atom stereocenters. The van der Waals surface area contributed by atoms with Gasteiger partial charge in [0.1, 0.15) is 80.5 Å². The van der Waals surface area contributed by atoms with Crippen LogP contribution in [0.15, 0.2) is 218 Å². The van der Waals surface area contributed by atoms with Crippen molar-refractivity contribution in [2.75, 3.05) is 42.7 Å². The molecule has 0 saturated heterocycles. The van der Waals surface area contributed by atoms with E-state index in [-0.39, 0.29) is 86.2 Å². The summed E-state index contributed by atoms with van der Waals surface area (Å²) >= 11 is 0. The van der Waals surface area contributed by atoms with Gasteiger partial charge in [-0.1, -0.05) is 109 Å². The number of phenolic OH excluding ortho intramolecular Hbond substituents is 18. The summed E-state index contributed by atoms with van der Waals surface area (Å²) < 4.78 is 31.3. The number of hydrogen-bond acceptors (Lipinski definition) is 24. The molecule has 0 radical (unpaired) electrons. The molecule has 114 heavy (non-hydrogen) atoms. The Labute approximate surface area is 655 Å². The van der Waals surface area contributed by atoms with Crippen molar-refractivity contribution in [3.63, 3.8) is 0 Å². The van der Waals surface area contributed by atoms with Gasteiger partial charge in [0.05, 0.1) is 42.7 Å². The molecular formula is C90H84O24. The summed E-state index contributed by atoms with van der Waals surface area (Å²) in [5, 5.41) is 168. The fourth-order valence-corrected chi connectivity index (χ4v) is 10.3. The lowest BCUT2D eigenvalue weighted by atomic mass is 10.1. The van der Waals surface area contributed by atoms with Gasteiger partial charge in [-0.3, -0.25) is 0 Å². The summed E-state index contributed by atoms with van der Waals surface area (Å²) in [4.78, 5) is 0. The fraction of sp³-hybridized carbons (Fsp3) is 0.0667. The van der Waals surface area contributed by atoms with Gasteiger partial charge in [0.15, 0.2) is 51.7 Å². The first-order chi connectivity index (χ1) is 54.5. The van der Waals surface area contributed by atoms with Gasteiger partial charge in [-0.05, 0) is 212 Å². The van der Waals surface area contributed by atoms with E-state index in [9.17, 15) is 81.7 Å². The van der Waals surface area contributed by atoms with Crippen LogP contribution in [-0.4, -0.2) is 135 Å². The molecule has 0 aliphatic carbocycles. The first-order valence-electron chi connectivity index (χ1n) is 34.0. The summed E-state index contributed by atoms with van der Waals surface area (Å²) in [7, 11) is 9.45. The molecule has 0 bridgehead atoms. The number of phenols is 18. The largest absolute Gasteiger partial charge is 0.508 e. The van der Waals surface area contributed by atoms with Gasteiger partial charge >= 0.3 is 0 Å². The summed E-state index contributed by atoms with van der Waals surface area (Å²) in [5.74, 6) is 2.16. The second-order valence-electron chi connectivity index (χ2n) is 24.3. The minimum absolute atomic E-state index is 0.00421. The van der Waals surface area contributed by atoms with Gasteiger partial charge < -0.3 is 120 Å². The van der Waals surface area contributed by atoms with Gasteiger partial charge in [-0.15, -0.1) is 0 Å². The number of aromatic hydroxyl groups is 18. The highest BCUT2D eigenvalue weighted by Crippen LogP contribution is 2.40. The van der Waals surface area contributed by atoms with Gasteiger partial charge in [-0.2, -0.15) is 0 Å². The molecule has 0 aromatic heterocycles. The van der Waals surface area contributed by atoms with E-state index >= 15 is 0 Å². The van der Waals surface area contributed by atoms with E-state index in [4.69, 9.17) is 38.6 Å². The summed E-state index contributed by atoms with van der Waals surface area (Å²) in [5.41, 5.74) is 8.82. The lowest BCUT2D eigenvalue weighted by molar-refractivity contribution is 0.324. The van der Waals surface area contributed by atoms with Crippen LogP contribution >= 0.6 is 0 Å². The van der Waals surface area contributed by atoms with Crippen molar-refractivity contribution in [3.05, 3.63) is 285 Å². The Bertz CT molecular complexity index is 5220. The van der Waals surface area contributed by atoms with Crippen LogP contribution in [0, 0.1) is 0 Å². The Kier molecular flexibility index (Phi) is 31.6. The Hall–Kier alpha value is -15.7. The third-order valence-electron chi connectivity index (χ3n) is 15.6. The quantitative estimate of drug-likeness (QED) is 0.0280. The highest BCUT2D eigenvalue weighted by atomic mass is 16.5. The Morgan fingerprint density at radius 3 is 0.693 bits per heavy atom. The van der Waals surface area contributed by atoms with Crippen LogP contribution in [0.25, 0.3) is 72.9 Å². The average molecular weight is 1550 g/mol. The standard InChI is InChI=1S/C17H18O5.C16H16O4.C15H14O3.C14H12O5.C14H12O4.C14H12O3/c1-20-15-8-12(9-16(21-2)17(15)22-3)5-4-11-6-13(18)10-14(19)7-11;1-19-15-6-5-11(9-16(15)20-2)3-4-12-7-13(17)10-14(18)8-12;1-18-15-6-4-11(5-7-15)2-3-12-8-13(16)10-14(17)9-12;15-10-3-8(4-11(16)7-10)1-2-9-5-12(17)14(19)13(18)6-9;15-11-5-10(6-12(16)8-11)2-1-9-3-4-13(17)14(18)7-9;15-12-5-3-10(4-6-12)1-2-11-7-13(16)9-14(17)8-11/h4-10,18-19H,1-3H3;3-10,17-18H,1-2H3;2-10,16-17H,1H3;1-7,15-19H;1-8,15-18H;1-9,15-17H/b5-4+;4-3+;3-2+;3*2-1+. The van der Waals surface area contributed by atoms with Crippen molar-refractivity contribution in [1.82, 2.24) is 0 Å². The minimum Gasteiger partial charge on any atom is -0.508 e. The van der Waals surface area contributed by atoms with E-state index in [0.717, 1.165) is 33.6 Å². The molecule has 12 rings (SSSR count). The lowest BCUT2D eigenvalue weighted by Crippen LogP contribution is -1.95. The van der Waals surface area contributed by atoms with Crippen LogP contribution in [0.1, 0.15) is 66.8 Å². The maximum atomic E-state index is 9.47. The van der Waals surface area contributed by atoms with E-state index in [2.05, 4.69) is 0 Å². The van der Waals surface area contributed by atoms with Crippen molar-refractivity contribution in [1.29, 1.82) is 0 Å². The lowest BCUT2D eigenvalue weighted by Gasteiger charge is -2.12. The molecule has 588 valence electrons. The summed E-state index contributed by atoms with van der Waals surface area (Å²) in [6, 6.07) is 56.4. The molecule has 18 N–H and O–H groups in total. The van der Waals surface area contributed by atoms with Crippen LogP contribution < -0.4 is 28.4 Å². The zero-order chi connectivity index (χ0) is 83.0. The molecule has 12 aromatic rings. The first kappa shape index (κ1) is 85.5. The highest BCUT2D eigenvalue weighted by Gasteiger charge is 2.13. The zero-order valence-electron chi connectivity index (χ0n) is 62.2. The van der Waals surface area contributed by atoms with E-state index in [0.29, 0.717) is 67.7 Å². The second kappa shape index (κ2) is 42.1. The van der Waals surface area contributed by atoms with Crippen LogP contribution in [-0.2, 0) is 0 Å². The summed E-state index contributed by atoms with van der Waals surface area (Å²) in [6.07, 6.45) is 21.0. The predicted octanol–water partition coefficient (Wildman–Crippen LogP) is 17.9. The Morgan fingerprint density at radius 2 is 0.404 bits per heavy atom. The van der Waals surface area contributed by atoms with E-state index < -0.39 is 17.2 Å².